The molecule has 0 saturated heterocycles. The van der Waals surface area contributed by atoms with Crippen molar-refractivity contribution in [2.75, 3.05) is 13.1 Å². The number of amides is 1. The fraction of sp³-hybridized carbons (Fsp3) is 0.300. The molecule has 76 valence electrons. The number of nitrogens with one attached hydrogen (secondary N) is 1. The maximum absolute atomic E-state index is 10.8. The Morgan fingerprint density at radius 2 is 2.29 bits per heavy atom. The third-order valence-electron chi connectivity index (χ3n) is 1.83. The fourth-order valence-corrected chi connectivity index (χ4v) is 1.13. The van der Waals surface area contributed by atoms with Crippen LogP contribution in [0.25, 0.3) is 0 Å². The molecule has 0 atom stereocenters. The molecule has 4 nitrogen and oxygen atoms in total. The summed E-state index contributed by atoms with van der Waals surface area (Å²) in [6.45, 7) is 0.555. The number of nitrogens with two attached hydrogens (primary N) is 1. The largest absolute Gasteiger partial charge is 0.508 e. The van der Waals surface area contributed by atoms with Gasteiger partial charge in [-0.25, -0.2) is 0 Å². The van der Waals surface area contributed by atoms with E-state index >= 15 is 0 Å². The van der Waals surface area contributed by atoms with Crippen LogP contribution in [0.4, 0.5) is 0 Å². The molecule has 1 amide bonds. The van der Waals surface area contributed by atoms with Crippen molar-refractivity contribution >= 4 is 5.91 Å². The molecule has 1 rings (SSSR count). The molecule has 1 aromatic carbocycles. The zero-order chi connectivity index (χ0) is 10.4. The van der Waals surface area contributed by atoms with Crippen LogP contribution in [0.15, 0.2) is 24.3 Å². The smallest absolute Gasteiger partial charge is 0.233 e. The predicted octanol–water partition coefficient (Wildman–Crippen LogP) is 0.00960. The highest BCUT2D eigenvalue weighted by atomic mass is 16.3. The van der Waals surface area contributed by atoms with Crippen LogP contribution in [-0.4, -0.2) is 24.1 Å². The first-order valence-electron chi connectivity index (χ1n) is 4.47. The average molecular weight is 194 g/mol. The second-order valence-corrected chi connectivity index (χ2v) is 2.97. The van der Waals surface area contributed by atoms with E-state index in [9.17, 15) is 4.79 Å². The maximum Gasteiger partial charge on any atom is 0.233 e. The predicted molar refractivity (Wildman–Crippen MR) is 53.9 cm³/mol. The summed E-state index contributed by atoms with van der Waals surface area (Å²) >= 11 is 0. The summed E-state index contributed by atoms with van der Waals surface area (Å²) in [5.74, 6) is 0.0813. The molecule has 0 aliphatic carbocycles. The third kappa shape index (κ3) is 3.45. The molecule has 1 aromatic rings. The first kappa shape index (κ1) is 10.5. The molecular weight excluding hydrogens is 180 g/mol. The third-order valence-corrected chi connectivity index (χ3v) is 1.83. The van der Waals surface area contributed by atoms with Gasteiger partial charge in [0.2, 0.25) is 5.91 Å². The SMILES string of the molecule is NCC(=O)NCCc1cccc(O)c1. The molecule has 0 aromatic heterocycles. The monoisotopic (exact) mass is 194 g/mol. The molecule has 0 spiro atoms. The summed E-state index contributed by atoms with van der Waals surface area (Å²) in [5.41, 5.74) is 6.11. The van der Waals surface area contributed by atoms with Crippen LogP contribution in [-0.2, 0) is 11.2 Å². The average Bonchev–Trinajstić information content (AvgIpc) is 2.17. The van der Waals surface area contributed by atoms with Crippen molar-refractivity contribution in [1.29, 1.82) is 0 Å². The number of rotatable bonds is 4. The molecule has 4 heteroatoms. The van der Waals surface area contributed by atoms with E-state index in [4.69, 9.17) is 10.8 Å². The Hall–Kier alpha value is -1.55. The van der Waals surface area contributed by atoms with Crippen LogP contribution in [0.1, 0.15) is 5.56 Å². The van der Waals surface area contributed by atoms with E-state index in [2.05, 4.69) is 5.32 Å². The van der Waals surface area contributed by atoms with Gasteiger partial charge in [-0.05, 0) is 24.1 Å². The van der Waals surface area contributed by atoms with Crippen molar-refractivity contribution in [2.24, 2.45) is 5.73 Å². The Morgan fingerprint density at radius 1 is 1.50 bits per heavy atom. The van der Waals surface area contributed by atoms with E-state index < -0.39 is 0 Å². The molecule has 0 aliphatic rings. The highest BCUT2D eigenvalue weighted by Gasteiger charge is 1.97. The number of carbonyl (C=O) groups excluding carboxylic acids is 1. The van der Waals surface area contributed by atoms with Crippen molar-refractivity contribution in [3.05, 3.63) is 29.8 Å². The molecule has 0 fully saturated rings. The Morgan fingerprint density at radius 3 is 2.93 bits per heavy atom. The van der Waals surface area contributed by atoms with Crippen LogP contribution in [0, 0.1) is 0 Å². The molecule has 4 N–H and O–H groups in total. The second-order valence-electron chi connectivity index (χ2n) is 2.97. The van der Waals surface area contributed by atoms with Gasteiger partial charge < -0.3 is 16.2 Å². The first-order valence-corrected chi connectivity index (χ1v) is 4.47. The molecular formula is C10H14N2O2. The van der Waals surface area contributed by atoms with E-state index in [0.717, 1.165) is 5.56 Å². The van der Waals surface area contributed by atoms with Crippen LogP contribution in [0.2, 0.25) is 0 Å². The molecule has 0 bridgehead atoms. The van der Waals surface area contributed by atoms with Crippen LogP contribution in [0.3, 0.4) is 0 Å². The summed E-state index contributed by atoms with van der Waals surface area (Å²) in [6.07, 6.45) is 0.695. The van der Waals surface area contributed by atoms with Crippen molar-refractivity contribution in [1.82, 2.24) is 5.32 Å². The van der Waals surface area contributed by atoms with Gasteiger partial charge in [0.1, 0.15) is 5.75 Å². The summed E-state index contributed by atoms with van der Waals surface area (Å²) in [5, 5.41) is 11.8. The molecule has 0 aliphatic heterocycles. The molecule has 0 saturated carbocycles. The van der Waals surface area contributed by atoms with Gasteiger partial charge in [-0.15, -0.1) is 0 Å². The van der Waals surface area contributed by atoms with Gasteiger partial charge in [-0.1, -0.05) is 12.1 Å². The van der Waals surface area contributed by atoms with E-state index in [1.165, 1.54) is 0 Å². The summed E-state index contributed by atoms with van der Waals surface area (Å²) in [4.78, 5) is 10.8. The van der Waals surface area contributed by atoms with Crippen molar-refractivity contribution in [3.8, 4) is 5.75 Å². The van der Waals surface area contributed by atoms with E-state index in [-0.39, 0.29) is 18.2 Å². The number of aromatic hydroxyl groups is 1. The minimum absolute atomic E-state index is 0.0139. The number of hydrogen-bond donors (Lipinski definition) is 3. The van der Waals surface area contributed by atoms with E-state index in [0.29, 0.717) is 13.0 Å². The van der Waals surface area contributed by atoms with Gasteiger partial charge in [-0.2, -0.15) is 0 Å². The zero-order valence-electron chi connectivity index (χ0n) is 7.86. The van der Waals surface area contributed by atoms with E-state index in [1.54, 1.807) is 18.2 Å². The summed E-state index contributed by atoms with van der Waals surface area (Å²) in [6, 6.07) is 6.96. The van der Waals surface area contributed by atoms with Gasteiger partial charge in [0.25, 0.3) is 0 Å². The molecule has 14 heavy (non-hydrogen) atoms. The zero-order valence-corrected chi connectivity index (χ0v) is 7.86. The number of phenolic OH excluding ortho intramolecular Hbond substituents is 1. The highest BCUT2D eigenvalue weighted by molar-refractivity contribution is 5.77. The molecule has 0 unspecified atom stereocenters. The number of hydrogen-bond acceptors (Lipinski definition) is 3. The Bertz CT molecular complexity index is 313. The lowest BCUT2D eigenvalue weighted by Crippen LogP contribution is -2.31. The minimum Gasteiger partial charge on any atom is -0.508 e. The lowest BCUT2D eigenvalue weighted by Gasteiger charge is -2.03. The maximum atomic E-state index is 10.8. The summed E-state index contributed by atoms with van der Waals surface area (Å²) < 4.78 is 0. The van der Waals surface area contributed by atoms with Gasteiger partial charge in [0.05, 0.1) is 6.54 Å². The fourth-order valence-electron chi connectivity index (χ4n) is 1.13. The second kappa shape index (κ2) is 5.24. The van der Waals surface area contributed by atoms with Crippen molar-refractivity contribution < 1.29 is 9.90 Å². The van der Waals surface area contributed by atoms with Gasteiger partial charge >= 0.3 is 0 Å². The van der Waals surface area contributed by atoms with E-state index in [1.807, 2.05) is 6.07 Å². The molecule has 0 heterocycles. The van der Waals surface area contributed by atoms with Crippen LogP contribution in [0.5, 0.6) is 5.75 Å². The lowest BCUT2D eigenvalue weighted by atomic mass is 10.1. The number of benzene rings is 1. The number of carbonyl (C=O) groups is 1. The normalized spacial score (nSPS) is 9.79. The van der Waals surface area contributed by atoms with Crippen molar-refractivity contribution in [3.63, 3.8) is 0 Å². The number of phenols is 1. The highest BCUT2D eigenvalue weighted by Crippen LogP contribution is 2.10. The van der Waals surface area contributed by atoms with Crippen LogP contribution >= 0.6 is 0 Å². The Kier molecular flexibility index (Phi) is 3.94. The minimum atomic E-state index is -0.162. The Labute approximate surface area is 82.7 Å². The first-order chi connectivity index (χ1) is 6.72. The van der Waals surface area contributed by atoms with Crippen LogP contribution < -0.4 is 11.1 Å². The van der Waals surface area contributed by atoms with Gasteiger partial charge in [0.15, 0.2) is 0 Å². The van der Waals surface area contributed by atoms with Crippen molar-refractivity contribution in [2.45, 2.75) is 6.42 Å². The summed E-state index contributed by atoms with van der Waals surface area (Å²) in [7, 11) is 0. The van der Waals surface area contributed by atoms with Gasteiger partial charge in [-0.3, -0.25) is 4.79 Å². The van der Waals surface area contributed by atoms with Gasteiger partial charge in [0, 0.05) is 6.54 Å². The molecule has 0 radical (unpaired) electrons. The quantitative estimate of drug-likeness (QED) is 0.632. The topological polar surface area (TPSA) is 75.4 Å². The lowest BCUT2D eigenvalue weighted by molar-refractivity contribution is -0.119. The standard InChI is InChI=1S/C10H14N2O2/c11-7-10(14)12-5-4-8-2-1-3-9(13)6-8/h1-3,6,13H,4-5,7,11H2,(H,12,14). The Balaban J connectivity index is 2.35.